The summed E-state index contributed by atoms with van der Waals surface area (Å²) in [4.78, 5) is 29.9. The van der Waals surface area contributed by atoms with Gasteiger partial charge in [0.25, 0.3) is 0 Å². The Morgan fingerprint density at radius 3 is 1.77 bits per heavy atom. The van der Waals surface area contributed by atoms with Gasteiger partial charge in [-0.3, -0.25) is 9.59 Å². The molecule has 0 atom stereocenters. The van der Waals surface area contributed by atoms with Gasteiger partial charge in [-0.25, -0.2) is 13.6 Å². The second kappa shape index (κ2) is 9.45. The molecule has 7 nitrogen and oxygen atoms in total. The first kappa shape index (κ1) is 27.3. The fraction of sp³-hybridized carbons (Fsp3) is 0.419. The number of allylic oxidation sites excluding steroid dienone is 4. The molecule has 8 heteroatoms. The van der Waals surface area contributed by atoms with Gasteiger partial charge in [-0.15, -0.1) is 0 Å². The third kappa shape index (κ3) is 5.32. The van der Waals surface area contributed by atoms with Crippen molar-refractivity contribution < 1.29 is 23.1 Å². The molecule has 1 heterocycles. The van der Waals surface area contributed by atoms with Crippen molar-refractivity contribution in [3.8, 4) is 5.75 Å². The van der Waals surface area contributed by atoms with E-state index in [1.54, 1.807) is 24.3 Å². The fourth-order valence-corrected chi connectivity index (χ4v) is 6.92. The summed E-state index contributed by atoms with van der Waals surface area (Å²) in [6, 6.07) is 13.4. The molecule has 3 N–H and O–H groups in total. The van der Waals surface area contributed by atoms with Crippen LogP contribution in [0.15, 0.2) is 76.0 Å². The van der Waals surface area contributed by atoms with Gasteiger partial charge in [0.05, 0.1) is 4.90 Å². The van der Waals surface area contributed by atoms with Gasteiger partial charge in [-0.05, 0) is 65.5 Å². The number of hydrogen-bond acceptors (Lipinski definition) is 6. The smallest absolute Gasteiger partial charge is 0.238 e. The molecule has 0 aromatic heterocycles. The zero-order valence-electron chi connectivity index (χ0n) is 23.0. The topological polar surface area (TPSA) is 118 Å². The number of hydrogen-bond donors (Lipinski definition) is 2. The van der Waals surface area contributed by atoms with E-state index >= 15 is 0 Å². The molecule has 5 rings (SSSR count). The molecule has 2 aliphatic carbocycles. The highest BCUT2D eigenvalue weighted by molar-refractivity contribution is 7.89. The quantitative estimate of drug-likeness (QED) is 0.545. The van der Waals surface area contributed by atoms with Crippen molar-refractivity contribution in [2.75, 3.05) is 6.54 Å². The number of rotatable bonds is 5. The molecule has 0 radical (unpaired) electrons. The molecule has 0 spiro atoms. The second-order valence-electron chi connectivity index (χ2n) is 12.7. The van der Waals surface area contributed by atoms with E-state index in [4.69, 9.17) is 5.14 Å². The lowest BCUT2D eigenvalue weighted by Gasteiger charge is -2.49. The Bertz CT molecular complexity index is 1460. The highest BCUT2D eigenvalue weighted by Gasteiger charge is 2.48. The van der Waals surface area contributed by atoms with Crippen molar-refractivity contribution in [3.05, 3.63) is 82.2 Å². The van der Waals surface area contributed by atoms with Crippen LogP contribution < -0.4 is 5.14 Å². The van der Waals surface area contributed by atoms with Gasteiger partial charge in [-0.1, -0.05) is 52.0 Å². The van der Waals surface area contributed by atoms with E-state index in [2.05, 4.69) is 32.6 Å². The van der Waals surface area contributed by atoms with E-state index in [1.807, 2.05) is 12.1 Å². The predicted molar refractivity (Wildman–Crippen MR) is 149 cm³/mol. The highest BCUT2D eigenvalue weighted by Crippen LogP contribution is 2.54. The molecule has 39 heavy (non-hydrogen) atoms. The van der Waals surface area contributed by atoms with Gasteiger partial charge >= 0.3 is 0 Å². The summed E-state index contributed by atoms with van der Waals surface area (Å²) in [6.07, 6.45) is 2.83. The van der Waals surface area contributed by atoms with Crippen molar-refractivity contribution in [2.45, 2.75) is 70.6 Å². The van der Waals surface area contributed by atoms with Gasteiger partial charge in [0, 0.05) is 47.8 Å². The number of ketones is 2. The van der Waals surface area contributed by atoms with E-state index in [-0.39, 0.29) is 33.0 Å². The Kier molecular flexibility index (Phi) is 6.63. The average Bonchev–Trinajstić information content (AvgIpc) is 2.81. The number of carbonyl (C=O) groups excluding carboxylic acids is 2. The van der Waals surface area contributed by atoms with Gasteiger partial charge in [0.15, 0.2) is 11.6 Å². The number of nitrogens with two attached hydrogens (primary N) is 1. The van der Waals surface area contributed by atoms with Crippen molar-refractivity contribution >= 4 is 21.6 Å². The number of aromatic hydroxyl groups is 1. The number of carbonyl (C=O) groups is 2. The number of nitrogens with zero attached hydrogens (tertiary/aromatic N) is 1. The first-order valence-electron chi connectivity index (χ1n) is 13.4. The predicted octanol–water partition coefficient (Wildman–Crippen LogP) is 4.97. The SMILES string of the molecule is CC1(C)CC(=O)C2=C(C1)N(CCc1ccc(S(N)(=O)=O)cc1)C1=C(C(=O)CC(C)(C)C1)C2c1ccc(O)cc1. The van der Waals surface area contributed by atoms with Crippen LogP contribution in [0, 0.1) is 10.8 Å². The lowest BCUT2D eigenvalue weighted by atomic mass is 9.63. The standard InChI is InChI=1S/C31H36N2O5S/c1-30(2)15-23-28(25(35)17-30)27(20-7-9-21(34)10-8-20)29-24(16-31(3,4)18-26(29)36)33(23)14-13-19-5-11-22(12-6-19)39(32,37)38/h5-12,27,34H,13-18H2,1-4H3,(H2,32,37,38). The summed E-state index contributed by atoms with van der Waals surface area (Å²) >= 11 is 0. The third-order valence-electron chi connectivity index (χ3n) is 8.12. The fourth-order valence-electron chi connectivity index (χ4n) is 6.40. The van der Waals surface area contributed by atoms with Crippen molar-refractivity contribution in [3.63, 3.8) is 0 Å². The highest BCUT2D eigenvalue weighted by atomic mass is 32.2. The normalized spacial score (nSPS) is 21.2. The number of primary sulfonamides is 1. The lowest BCUT2D eigenvalue weighted by molar-refractivity contribution is -0.119. The Balaban J connectivity index is 1.63. The van der Waals surface area contributed by atoms with Gasteiger partial charge < -0.3 is 10.0 Å². The van der Waals surface area contributed by atoms with Crippen LogP contribution in [0.4, 0.5) is 0 Å². The summed E-state index contributed by atoms with van der Waals surface area (Å²) in [5.41, 5.74) is 4.66. The van der Waals surface area contributed by atoms with Crippen LogP contribution in [0.5, 0.6) is 5.75 Å². The number of sulfonamides is 1. The van der Waals surface area contributed by atoms with Crippen LogP contribution in [0.2, 0.25) is 0 Å². The van der Waals surface area contributed by atoms with E-state index in [0.717, 1.165) is 22.5 Å². The van der Waals surface area contributed by atoms with Crippen LogP contribution in [-0.4, -0.2) is 36.5 Å². The maximum absolute atomic E-state index is 13.8. The van der Waals surface area contributed by atoms with Gasteiger partial charge in [0.1, 0.15) is 5.75 Å². The molecular formula is C31H36N2O5S. The minimum absolute atomic E-state index is 0.0611. The minimum Gasteiger partial charge on any atom is -0.508 e. The van der Waals surface area contributed by atoms with Crippen LogP contribution >= 0.6 is 0 Å². The third-order valence-corrected chi connectivity index (χ3v) is 9.05. The Hall–Kier alpha value is -3.23. The largest absolute Gasteiger partial charge is 0.508 e. The summed E-state index contributed by atoms with van der Waals surface area (Å²) in [6.45, 7) is 8.98. The monoisotopic (exact) mass is 548 g/mol. The molecule has 0 bridgehead atoms. The average molecular weight is 549 g/mol. The van der Waals surface area contributed by atoms with Crippen LogP contribution in [0.1, 0.15) is 70.4 Å². The Labute approximate surface area is 230 Å². The number of phenols is 1. The summed E-state index contributed by atoms with van der Waals surface area (Å²) in [5.74, 6) is -0.189. The molecule has 0 saturated carbocycles. The molecular weight excluding hydrogens is 512 g/mol. The molecule has 3 aliphatic rings. The molecule has 0 unspecified atom stereocenters. The molecule has 206 valence electrons. The molecule has 0 fully saturated rings. The molecule has 0 saturated heterocycles. The zero-order valence-corrected chi connectivity index (χ0v) is 23.8. The minimum atomic E-state index is -3.78. The summed E-state index contributed by atoms with van der Waals surface area (Å²) < 4.78 is 23.4. The molecule has 1 aliphatic heterocycles. The Morgan fingerprint density at radius 1 is 0.821 bits per heavy atom. The molecule has 2 aromatic rings. The van der Waals surface area contributed by atoms with Crippen LogP contribution in [0.25, 0.3) is 0 Å². The van der Waals surface area contributed by atoms with E-state index in [9.17, 15) is 23.1 Å². The number of Topliss-reactive ketones (excluding diaryl/α,β-unsaturated/α-hetero) is 2. The number of benzene rings is 2. The second-order valence-corrected chi connectivity index (χ2v) is 14.3. The lowest BCUT2D eigenvalue weighted by Crippen LogP contribution is -2.45. The maximum Gasteiger partial charge on any atom is 0.238 e. The summed E-state index contributed by atoms with van der Waals surface area (Å²) in [5, 5.41) is 15.2. The maximum atomic E-state index is 13.8. The summed E-state index contributed by atoms with van der Waals surface area (Å²) in [7, 11) is -3.78. The number of phenolic OH excluding ortho intramolecular Hbond substituents is 1. The van der Waals surface area contributed by atoms with E-state index < -0.39 is 15.9 Å². The van der Waals surface area contributed by atoms with Gasteiger partial charge in [0.2, 0.25) is 10.0 Å². The van der Waals surface area contributed by atoms with Crippen LogP contribution in [0.3, 0.4) is 0 Å². The molecule has 2 aromatic carbocycles. The Morgan fingerprint density at radius 2 is 1.31 bits per heavy atom. The van der Waals surface area contributed by atoms with Crippen LogP contribution in [-0.2, 0) is 26.0 Å². The molecule has 0 amide bonds. The first-order chi connectivity index (χ1) is 18.2. The van der Waals surface area contributed by atoms with E-state index in [0.29, 0.717) is 49.8 Å². The van der Waals surface area contributed by atoms with Crippen molar-refractivity contribution in [1.82, 2.24) is 4.90 Å². The first-order valence-corrected chi connectivity index (χ1v) is 14.9. The van der Waals surface area contributed by atoms with Crippen molar-refractivity contribution in [2.24, 2.45) is 16.0 Å². The zero-order chi connectivity index (χ0) is 28.3. The van der Waals surface area contributed by atoms with Crippen molar-refractivity contribution in [1.29, 1.82) is 0 Å². The van der Waals surface area contributed by atoms with E-state index in [1.165, 1.54) is 12.1 Å². The van der Waals surface area contributed by atoms with Gasteiger partial charge in [-0.2, -0.15) is 0 Å².